The van der Waals surface area contributed by atoms with Crippen LogP contribution >= 0.6 is 0 Å². The predicted octanol–water partition coefficient (Wildman–Crippen LogP) is 5.35. The molecular formula is C29H35N3O4S. The lowest BCUT2D eigenvalue weighted by Gasteiger charge is -2.26. The predicted molar refractivity (Wildman–Crippen MR) is 145 cm³/mol. The molecule has 3 aromatic rings. The topological polar surface area (TPSA) is 91.5 Å². The molecule has 1 aromatic heterocycles. The summed E-state index contributed by atoms with van der Waals surface area (Å²) in [6.45, 7) is 3.52. The number of nitrogens with one attached hydrogen (secondary N) is 2. The monoisotopic (exact) mass is 521 g/mol. The van der Waals surface area contributed by atoms with Gasteiger partial charge < -0.3 is 14.5 Å². The number of hydrogen-bond acceptors (Lipinski definition) is 5. The van der Waals surface area contributed by atoms with Gasteiger partial charge >= 0.3 is 10.1 Å². The van der Waals surface area contributed by atoms with Crippen molar-refractivity contribution in [2.24, 2.45) is 5.92 Å². The molecule has 1 saturated heterocycles. The van der Waals surface area contributed by atoms with Crippen molar-refractivity contribution in [3.05, 3.63) is 53.1 Å². The Morgan fingerprint density at radius 2 is 1.73 bits per heavy atom. The van der Waals surface area contributed by atoms with Gasteiger partial charge in [0.05, 0.1) is 11.3 Å². The van der Waals surface area contributed by atoms with Crippen molar-refractivity contribution in [2.45, 2.75) is 64.5 Å². The van der Waals surface area contributed by atoms with E-state index < -0.39 is 10.1 Å². The number of aromatic amines is 1. The van der Waals surface area contributed by atoms with Crippen LogP contribution in [0.5, 0.6) is 5.75 Å². The third-order valence-corrected chi connectivity index (χ3v) is 9.45. The van der Waals surface area contributed by atoms with Crippen molar-refractivity contribution in [1.82, 2.24) is 15.2 Å². The molecule has 1 aliphatic carbocycles. The second kappa shape index (κ2) is 10.1. The van der Waals surface area contributed by atoms with Crippen LogP contribution in [0, 0.1) is 5.92 Å². The molecule has 6 rings (SSSR count). The Morgan fingerprint density at radius 1 is 0.946 bits per heavy atom. The van der Waals surface area contributed by atoms with Crippen molar-refractivity contribution in [3.8, 4) is 17.0 Å². The molecule has 2 aromatic carbocycles. The van der Waals surface area contributed by atoms with Crippen molar-refractivity contribution in [2.75, 3.05) is 18.8 Å². The van der Waals surface area contributed by atoms with E-state index in [4.69, 9.17) is 4.18 Å². The van der Waals surface area contributed by atoms with Crippen LogP contribution in [0.1, 0.15) is 72.9 Å². The first-order valence-electron chi connectivity index (χ1n) is 13.7. The van der Waals surface area contributed by atoms with Crippen LogP contribution in [-0.2, 0) is 23.2 Å². The van der Waals surface area contributed by atoms with Crippen molar-refractivity contribution >= 4 is 26.9 Å². The molecule has 3 aliphatic rings. The summed E-state index contributed by atoms with van der Waals surface area (Å²) < 4.78 is 31.3. The van der Waals surface area contributed by atoms with Gasteiger partial charge in [0, 0.05) is 40.8 Å². The lowest BCUT2D eigenvalue weighted by molar-refractivity contribution is 0.0966. The average molecular weight is 522 g/mol. The van der Waals surface area contributed by atoms with Crippen LogP contribution in [0.3, 0.4) is 0 Å². The summed E-state index contributed by atoms with van der Waals surface area (Å²) in [6.07, 6.45) is 9.05. The lowest BCUT2D eigenvalue weighted by Crippen LogP contribution is -2.28. The normalized spacial score (nSPS) is 19.2. The Bertz CT molecular complexity index is 1420. The fraction of sp³-hybridized carbons (Fsp3) is 0.483. The number of hydrogen-bond donors (Lipinski definition) is 2. The van der Waals surface area contributed by atoms with Gasteiger partial charge in [-0.1, -0.05) is 31.7 Å². The van der Waals surface area contributed by atoms with Crippen LogP contribution in [0.2, 0.25) is 0 Å². The molecule has 1 amide bonds. The third-order valence-electron chi connectivity index (χ3n) is 8.13. The minimum atomic E-state index is -3.74. The number of aromatic nitrogens is 1. The van der Waals surface area contributed by atoms with E-state index in [1.54, 1.807) is 12.1 Å². The zero-order valence-electron chi connectivity index (χ0n) is 21.2. The van der Waals surface area contributed by atoms with Gasteiger partial charge in [0.1, 0.15) is 5.75 Å². The molecule has 0 radical (unpaired) electrons. The second-order valence-corrected chi connectivity index (χ2v) is 12.5. The molecule has 0 bridgehead atoms. The van der Waals surface area contributed by atoms with Gasteiger partial charge in [0.2, 0.25) is 0 Å². The first-order chi connectivity index (χ1) is 17.9. The molecule has 196 valence electrons. The maximum atomic E-state index is 12.9. The van der Waals surface area contributed by atoms with Gasteiger partial charge in [-0.3, -0.25) is 9.69 Å². The van der Waals surface area contributed by atoms with Crippen molar-refractivity contribution in [1.29, 1.82) is 0 Å². The molecule has 2 N–H and O–H groups in total. The fourth-order valence-corrected chi connectivity index (χ4v) is 7.65. The maximum absolute atomic E-state index is 12.9. The lowest BCUT2D eigenvalue weighted by atomic mass is 9.91. The molecule has 0 unspecified atom stereocenters. The number of carbonyl (C=O) groups is 1. The van der Waals surface area contributed by atoms with Crippen molar-refractivity contribution < 1.29 is 17.4 Å². The number of H-pyrrole nitrogens is 1. The summed E-state index contributed by atoms with van der Waals surface area (Å²) in [6, 6.07) is 12.1. The summed E-state index contributed by atoms with van der Waals surface area (Å²) in [5.74, 6) is 0.238. The van der Waals surface area contributed by atoms with E-state index in [1.807, 2.05) is 0 Å². The SMILES string of the molecule is O=C1NCc2c(OS(=O)(=O)CC3CCCCC3)ccc(-c3cc4cc(CN5CCCCC5)ccc4[nH]3)c21. The van der Waals surface area contributed by atoms with Crippen LogP contribution in [0.25, 0.3) is 22.2 Å². The zero-order chi connectivity index (χ0) is 25.4. The number of fused-ring (bicyclic) bond motifs is 2. The van der Waals surface area contributed by atoms with Gasteiger partial charge in [0.15, 0.2) is 0 Å². The van der Waals surface area contributed by atoms with Crippen LogP contribution in [0.4, 0.5) is 0 Å². The number of nitrogens with zero attached hydrogens (tertiary/aromatic N) is 1. The maximum Gasteiger partial charge on any atom is 0.309 e. The van der Waals surface area contributed by atoms with Crippen LogP contribution in [-0.4, -0.2) is 43.1 Å². The minimum absolute atomic E-state index is 0.0344. The minimum Gasteiger partial charge on any atom is -0.382 e. The molecule has 0 spiro atoms. The highest BCUT2D eigenvalue weighted by Gasteiger charge is 2.30. The van der Waals surface area contributed by atoms with Crippen molar-refractivity contribution in [3.63, 3.8) is 0 Å². The number of piperidine rings is 1. The van der Waals surface area contributed by atoms with E-state index in [9.17, 15) is 13.2 Å². The number of amides is 1. The van der Waals surface area contributed by atoms with Crippen LogP contribution in [0.15, 0.2) is 36.4 Å². The number of rotatable bonds is 7. The molecule has 2 aliphatic heterocycles. The Morgan fingerprint density at radius 3 is 2.54 bits per heavy atom. The van der Waals surface area contributed by atoms with E-state index >= 15 is 0 Å². The standard InChI is InChI=1S/C29H35N3O4S/c33-29-28-23(26-16-22-15-21(9-11-25(22)31-26)18-32-13-5-2-6-14-32)10-12-27(24(28)17-30-29)36-37(34,35)19-20-7-3-1-4-8-20/h9-12,15-16,20,31H,1-8,13-14,17-19H2,(H,30,33). The molecule has 8 heteroatoms. The van der Waals surface area contributed by atoms with Gasteiger partial charge in [-0.05, 0) is 80.6 Å². The van der Waals surface area contributed by atoms with E-state index in [0.29, 0.717) is 11.1 Å². The molecular weight excluding hydrogens is 486 g/mol. The van der Waals surface area contributed by atoms with E-state index in [0.717, 1.165) is 67.5 Å². The number of carbonyl (C=O) groups excluding carboxylic acids is 1. The summed E-state index contributed by atoms with van der Waals surface area (Å²) in [5, 5.41) is 3.96. The highest BCUT2D eigenvalue weighted by molar-refractivity contribution is 7.87. The quantitative estimate of drug-likeness (QED) is 0.409. The van der Waals surface area contributed by atoms with E-state index in [1.165, 1.54) is 31.2 Å². The van der Waals surface area contributed by atoms with E-state index in [2.05, 4.69) is 39.5 Å². The molecule has 7 nitrogen and oxygen atoms in total. The number of likely N-dealkylation sites (tertiary alicyclic amines) is 1. The fourth-order valence-electron chi connectivity index (χ4n) is 6.24. The first kappa shape index (κ1) is 24.5. The Kier molecular flexibility index (Phi) is 6.71. The van der Waals surface area contributed by atoms with Crippen LogP contribution < -0.4 is 9.50 Å². The van der Waals surface area contributed by atoms with Gasteiger partial charge in [-0.25, -0.2) is 0 Å². The number of benzene rings is 2. The Balaban J connectivity index is 1.27. The summed E-state index contributed by atoms with van der Waals surface area (Å²) in [5.41, 5.74) is 5.00. The molecule has 1 saturated carbocycles. The van der Waals surface area contributed by atoms with Gasteiger partial charge in [-0.15, -0.1) is 0 Å². The molecule has 2 fully saturated rings. The largest absolute Gasteiger partial charge is 0.382 e. The van der Waals surface area contributed by atoms with Gasteiger partial charge in [-0.2, -0.15) is 8.42 Å². The summed E-state index contributed by atoms with van der Waals surface area (Å²) >= 11 is 0. The summed E-state index contributed by atoms with van der Waals surface area (Å²) in [4.78, 5) is 18.8. The third kappa shape index (κ3) is 5.27. The molecule has 3 heterocycles. The van der Waals surface area contributed by atoms with Gasteiger partial charge in [0.25, 0.3) is 5.91 Å². The Labute approximate surface area is 218 Å². The molecule has 0 atom stereocenters. The highest BCUT2D eigenvalue weighted by atomic mass is 32.2. The average Bonchev–Trinajstić information content (AvgIpc) is 3.49. The molecule has 37 heavy (non-hydrogen) atoms. The van der Waals surface area contributed by atoms with E-state index in [-0.39, 0.29) is 29.9 Å². The Hall–Kier alpha value is -2.84. The zero-order valence-corrected chi connectivity index (χ0v) is 22.0. The highest BCUT2D eigenvalue weighted by Crippen LogP contribution is 2.37. The second-order valence-electron chi connectivity index (χ2n) is 10.9. The smallest absolute Gasteiger partial charge is 0.309 e. The first-order valence-corrected chi connectivity index (χ1v) is 15.2. The summed E-state index contributed by atoms with van der Waals surface area (Å²) in [7, 11) is -3.74.